The van der Waals surface area contributed by atoms with Crippen molar-refractivity contribution < 1.29 is 104 Å². The van der Waals surface area contributed by atoms with Gasteiger partial charge in [0, 0.05) is 46.0 Å². The summed E-state index contributed by atoms with van der Waals surface area (Å²) in [7, 11) is 7.45. The maximum atomic E-state index is 11.9. The minimum Gasteiger partial charge on any atom is -0.770 e. The van der Waals surface area contributed by atoms with E-state index in [4.69, 9.17) is 43.5 Å². The Bertz CT molecular complexity index is 2970. The van der Waals surface area contributed by atoms with Gasteiger partial charge in [0.15, 0.2) is 43.3 Å². The highest BCUT2D eigenvalue weighted by Crippen LogP contribution is 2.52. The Morgan fingerprint density at radius 2 is 1.31 bits per heavy atom. The number of nitrogens with zero attached hydrogens (tertiary/aromatic N) is 3. The Hall–Kier alpha value is -5.39. The molecular formula is C62H111N11O22PS4Si-. The van der Waals surface area contributed by atoms with Crippen molar-refractivity contribution in [3.05, 3.63) is 82.3 Å². The average Bonchev–Trinajstić information content (AvgIpc) is 0.763. The molecule has 101 heavy (non-hydrogen) atoms. The molecule has 4 atom stereocenters. The molecule has 0 aliphatic rings. The number of carbonyl (C=O) groups is 9. The van der Waals surface area contributed by atoms with Crippen molar-refractivity contribution in [1.82, 2.24) is 41.9 Å². The van der Waals surface area contributed by atoms with Gasteiger partial charge in [0.2, 0.25) is 10.0 Å². The van der Waals surface area contributed by atoms with Gasteiger partial charge in [-0.3, -0.25) is 53.0 Å². The minimum atomic E-state index is -3.82. The molecule has 2 rings (SSSR count). The van der Waals surface area contributed by atoms with Crippen molar-refractivity contribution in [3.63, 3.8) is 0 Å². The van der Waals surface area contributed by atoms with E-state index >= 15 is 0 Å². The fourth-order valence-electron chi connectivity index (χ4n) is 6.98. The topological polar surface area (TPSA) is 478 Å². The molecule has 0 saturated heterocycles. The molecule has 0 radical (unpaired) electrons. The van der Waals surface area contributed by atoms with Crippen LogP contribution in [-0.2, 0) is 75.7 Å². The van der Waals surface area contributed by atoms with Gasteiger partial charge in [-0.25, -0.2) is 13.1 Å². The van der Waals surface area contributed by atoms with Gasteiger partial charge in [0.1, 0.15) is 49.2 Å². The Morgan fingerprint density at radius 3 is 1.75 bits per heavy atom. The zero-order valence-electron chi connectivity index (χ0n) is 61.9. The van der Waals surface area contributed by atoms with Gasteiger partial charge in [0.05, 0.1) is 49.0 Å². The molecular weight excluding hydrogens is 1440 g/mol. The molecule has 39 heteroatoms. The predicted octanol–water partition coefficient (Wildman–Crippen LogP) is 5.41. The van der Waals surface area contributed by atoms with Crippen LogP contribution in [0, 0.1) is 0 Å². The smallest absolute Gasteiger partial charge is 0.352 e. The zero-order valence-corrected chi connectivity index (χ0v) is 67.1. The molecule has 0 fully saturated rings. The third kappa shape index (κ3) is 55.8. The summed E-state index contributed by atoms with van der Waals surface area (Å²) in [6, 6.07) is 12.3. The van der Waals surface area contributed by atoms with E-state index in [2.05, 4.69) is 105 Å². The van der Waals surface area contributed by atoms with Crippen LogP contribution in [0.2, 0.25) is 10.1 Å². The van der Waals surface area contributed by atoms with E-state index in [9.17, 15) is 61.0 Å². The summed E-state index contributed by atoms with van der Waals surface area (Å²) < 4.78 is 72.9. The summed E-state index contributed by atoms with van der Waals surface area (Å²) in [5.74, 6) is -0.108. The molecule has 0 saturated carbocycles. The third-order valence-corrected chi connectivity index (χ3v) is 23.0. The van der Waals surface area contributed by atoms with Crippen LogP contribution in [0.5, 0.6) is 5.75 Å². The van der Waals surface area contributed by atoms with Gasteiger partial charge in [-0.05, 0) is 126 Å². The lowest BCUT2D eigenvalue weighted by molar-refractivity contribution is -0.189. The molecule has 0 bridgehead atoms. The van der Waals surface area contributed by atoms with Crippen molar-refractivity contribution in [2.24, 2.45) is 5.11 Å². The first kappa shape index (κ1) is 104. The summed E-state index contributed by atoms with van der Waals surface area (Å²) in [5, 5.41) is 40.4. The molecule has 33 nitrogen and oxygen atoms in total. The number of hydrogen-bond acceptors (Lipinski definition) is 31. The van der Waals surface area contributed by atoms with E-state index in [0.29, 0.717) is 60.3 Å². The number of azide groups is 1. The van der Waals surface area contributed by atoms with Crippen LogP contribution in [0.25, 0.3) is 10.4 Å². The zero-order chi connectivity index (χ0) is 79.0. The summed E-state index contributed by atoms with van der Waals surface area (Å²) >= 11 is 0.555. The Morgan fingerprint density at radius 1 is 0.733 bits per heavy atom. The number of esters is 1. The third-order valence-electron chi connectivity index (χ3n) is 11.3. The minimum absolute atomic E-state index is 0.0372. The van der Waals surface area contributed by atoms with Crippen molar-refractivity contribution >= 4 is 111 Å². The first-order valence-corrected chi connectivity index (χ1v) is 39.9. The lowest BCUT2D eigenvalue weighted by Gasteiger charge is -2.48. The van der Waals surface area contributed by atoms with E-state index in [-0.39, 0.29) is 102 Å². The number of likely N-dealkylation sites (N-methyl/N-ethyl adjacent to an activating group) is 1. The summed E-state index contributed by atoms with van der Waals surface area (Å²) in [4.78, 5) is 111. The quantitative estimate of drug-likeness (QED) is 0.00340. The second-order valence-corrected chi connectivity index (χ2v) is 35.9. The first-order valence-electron chi connectivity index (χ1n) is 31.0. The molecule has 0 spiro atoms. The maximum Gasteiger partial charge on any atom is 0.352 e. The van der Waals surface area contributed by atoms with E-state index in [0.717, 1.165) is 24.9 Å². The van der Waals surface area contributed by atoms with E-state index in [1.165, 1.54) is 59.0 Å². The van der Waals surface area contributed by atoms with Gasteiger partial charge in [-0.15, -0.1) is 0 Å². The number of sulfonamides is 1. The standard InChI is InChI=1S/C15H21N5O5.C13H29NO4Si.C9H11NO3S.C7H14N2O4.C7H13NO.C6H13O4PS.C5H11NOS2/c1-11(21)7-23-10-25-14(19-20-16)8-24-13-5-3-4-12(6-13)15(22)18-9-17-2;1-11(15)16-10-18-19(12(2,3)4,13(5,6)7)17-9-14-8;1-7(11)8-3-5-9(6-4-8)14(12,13)10-2;1-4(10)5(11)6(12)7(13)9-3-8-2;1-6(5-8-3)4-7(2)9;1-3-4-10-11(8,9)12-5-6(2)7;1-5(7)3-8-9-4-6-2/h3-6,14,17H,7-10H2,1-2H3,(H,18,22);14H,9-10H2,1-8H3;3-6,10H,1-2H3;5-6,8,11-12H,3H2,1-2H3,(H,9,13);8H,1,4-5H2,2-3H3;3-5H2,1-2H3,(H,8,9);6H,3-4H2,1-2H3/p-1. The SMILES string of the molecule is C=C(CNC)CC(C)=O.CCCOP(=O)([O-])SCC(C)=O.CNCNC(=O)C(O)C(O)C(C)=O.CNCNC(=O)c1cccc(OCC(N=[N+]=[N-])OCOCC(C)=O)c1.CNCO[Si](OCOC(C)=O)(C(C)(C)C)C(C)(C)C.CNCSSCC(C)=O.CNS(=O)(=O)c1ccc(C(C)=O)cc1. The van der Waals surface area contributed by atoms with Gasteiger partial charge in [-0.2, -0.15) is 0 Å². The molecule has 0 aromatic heterocycles. The Kier molecular flexibility index (Phi) is 61.9. The number of ketones is 6. The summed E-state index contributed by atoms with van der Waals surface area (Å²) in [6.45, 7) is 25.5. The molecule has 0 aliphatic carbocycles. The van der Waals surface area contributed by atoms with Crippen molar-refractivity contribution in [2.75, 3.05) is 120 Å². The number of carbonyl (C=O) groups excluding carboxylic acids is 9. The van der Waals surface area contributed by atoms with Crippen molar-refractivity contribution in [3.8, 4) is 5.75 Å². The molecule has 580 valence electrons. The molecule has 0 heterocycles. The highest BCUT2D eigenvalue weighted by molar-refractivity contribution is 8.76. The van der Waals surface area contributed by atoms with Crippen LogP contribution in [-0.4, -0.2) is 218 Å². The highest BCUT2D eigenvalue weighted by Gasteiger charge is 2.58. The number of amides is 2. The first-order chi connectivity index (χ1) is 46.9. The number of aliphatic hydroxyl groups excluding tert-OH is 2. The van der Waals surface area contributed by atoms with Crippen LogP contribution in [0.4, 0.5) is 0 Å². The highest BCUT2D eigenvalue weighted by atomic mass is 33.1. The number of aliphatic hydroxyl groups is 2. The molecule has 0 aliphatic heterocycles. The van der Waals surface area contributed by atoms with Crippen LogP contribution in [0.3, 0.4) is 0 Å². The predicted molar refractivity (Wildman–Crippen MR) is 394 cm³/mol. The normalized spacial score (nSPS) is 12.3. The number of rotatable bonds is 41. The number of nitrogens with one attached hydrogen (secondary N) is 8. The van der Waals surface area contributed by atoms with Gasteiger partial charge in [-0.1, -0.05) is 117 Å². The van der Waals surface area contributed by atoms with Gasteiger partial charge in [0.25, 0.3) is 11.8 Å². The van der Waals surface area contributed by atoms with E-state index < -0.39 is 55.5 Å². The number of benzene rings is 2. The molecule has 2 amide bonds. The van der Waals surface area contributed by atoms with Crippen molar-refractivity contribution in [1.29, 1.82) is 0 Å². The largest absolute Gasteiger partial charge is 0.770 e. The number of ether oxygens (including phenoxy) is 4. The number of hydrogen-bond donors (Lipinski definition) is 10. The van der Waals surface area contributed by atoms with Crippen LogP contribution in [0.15, 0.2) is 70.7 Å². The van der Waals surface area contributed by atoms with Crippen molar-refractivity contribution in [2.45, 2.75) is 143 Å². The lowest BCUT2D eigenvalue weighted by Crippen LogP contribution is -2.58. The fraction of sp³-hybridized carbons (Fsp3) is 0.629. The second kappa shape index (κ2) is 59.9. The molecule has 2 aromatic carbocycles. The van der Waals surface area contributed by atoms with Gasteiger partial charge < -0.3 is 79.3 Å². The Labute approximate surface area is 609 Å². The van der Waals surface area contributed by atoms with E-state index in [1.807, 2.05) is 28.1 Å². The van der Waals surface area contributed by atoms with Crippen LogP contribution < -0.4 is 51.6 Å². The fourth-order valence-corrected chi connectivity index (χ4v) is 16.4. The molecule has 10 N–H and O–H groups in total. The van der Waals surface area contributed by atoms with Crippen LogP contribution in [0.1, 0.15) is 130 Å². The monoisotopic (exact) mass is 1550 g/mol. The summed E-state index contributed by atoms with van der Waals surface area (Å²) in [6.07, 6.45) is -3.14. The maximum absolute atomic E-state index is 11.9. The molecule has 2 aromatic rings. The average molecular weight is 1550 g/mol. The second-order valence-electron chi connectivity index (χ2n) is 22.9. The number of Topliss-reactive ketones (excluding diaryl/α,β-unsaturated/α-hetero) is 6. The van der Waals surface area contributed by atoms with Gasteiger partial charge >= 0.3 is 14.5 Å². The Balaban J connectivity index is -0.000000366. The van der Waals surface area contributed by atoms with Crippen LogP contribution >= 0.6 is 39.8 Å². The lowest BCUT2D eigenvalue weighted by atomic mass is 10.1. The van der Waals surface area contributed by atoms with E-state index in [1.54, 1.807) is 73.8 Å². The molecule has 4 unspecified atom stereocenters. The summed E-state index contributed by atoms with van der Waals surface area (Å²) in [5.41, 5.74) is 10.4.